The van der Waals surface area contributed by atoms with Crippen LogP contribution in [0.15, 0.2) is 78.9 Å². The molecule has 5 amide bonds. The van der Waals surface area contributed by atoms with Crippen LogP contribution in [-0.4, -0.2) is 118 Å². The fourth-order valence-corrected chi connectivity index (χ4v) is 6.77. The van der Waals surface area contributed by atoms with E-state index in [2.05, 4.69) is 49.2 Å². The van der Waals surface area contributed by atoms with Crippen LogP contribution in [0.4, 0.5) is 4.79 Å². The van der Waals surface area contributed by atoms with Gasteiger partial charge in [-0.3, -0.25) is 38.4 Å². The highest BCUT2D eigenvalue weighted by Crippen LogP contribution is 2.20. The number of hydrogen-bond acceptors (Lipinski definition) is 12. The maximum Gasteiger partial charge on any atom is 0.326 e. The number of rotatable bonds is 31. The molecule has 22 heteroatoms. The van der Waals surface area contributed by atoms with E-state index in [0.29, 0.717) is 18.4 Å². The molecule has 0 aromatic heterocycles. The molecule has 3 rings (SSSR count). The van der Waals surface area contributed by atoms with Crippen molar-refractivity contribution in [3.63, 3.8) is 0 Å². The number of nitrogens with one attached hydrogen (secondary N) is 5. The fraction of sp³-hybridized carbons (Fsp3) is 0.378. The number of unbranched alkanes of at least 4 members (excludes halogenated alkanes) is 1. The lowest BCUT2D eigenvalue weighted by Crippen LogP contribution is -2.50. The van der Waals surface area contributed by atoms with Crippen molar-refractivity contribution in [1.82, 2.24) is 26.6 Å². The maximum absolute atomic E-state index is 13.3. The van der Waals surface area contributed by atoms with E-state index in [0.717, 1.165) is 9.13 Å². The largest absolute Gasteiger partial charge is 0.484 e. The Hall–Kier alpha value is -7.11. The van der Waals surface area contributed by atoms with Gasteiger partial charge < -0.3 is 56.5 Å². The monoisotopic (exact) mass is 1050 g/mol. The van der Waals surface area contributed by atoms with Gasteiger partial charge in [-0.15, -0.1) is 0 Å². The Balaban J connectivity index is 1.53. The van der Waals surface area contributed by atoms with E-state index < -0.39 is 110 Å². The zero-order valence-corrected chi connectivity index (χ0v) is 38.2. The molecule has 0 fully saturated rings. The highest BCUT2D eigenvalue weighted by Gasteiger charge is 2.29. The Kier molecular flexibility index (Phi) is 23.2. The number of urea groups is 1. The van der Waals surface area contributed by atoms with Gasteiger partial charge in [-0.25, -0.2) is 9.59 Å². The SMILES string of the molecule is O=CO[C@H](CCCCNC(=O)[C@H](Cc1ccccc1)NC(=O)COc1ccc(C[C@H](CC(=O)[C@H](CCC(=O)O)NC(=O)c2ccc(I)cc2)C(=O)O)cc1)NC(=O)N[C@@H](CCC(=O)O)C(=O)O. The molecule has 0 saturated heterocycles. The lowest BCUT2D eigenvalue weighted by Gasteiger charge is -2.20. The number of ether oxygens (including phenoxy) is 2. The van der Waals surface area contributed by atoms with Crippen LogP contribution in [0.1, 0.15) is 72.9 Å². The van der Waals surface area contributed by atoms with E-state index in [1.807, 2.05) is 0 Å². The Bertz CT molecular complexity index is 2180. The quantitative estimate of drug-likeness (QED) is 0.0194. The number of carboxylic acid groups (broad SMARTS) is 4. The van der Waals surface area contributed by atoms with Gasteiger partial charge in [-0.05, 0) is 102 Å². The average Bonchev–Trinajstić information content (AvgIpc) is 3.28. The summed E-state index contributed by atoms with van der Waals surface area (Å²) in [6.07, 6.45) is -2.47. The minimum Gasteiger partial charge on any atom is -0.484 e. The zero-order chi connectivity index (χ0) is 49.3. The van der Waals surface area contributed by atoms with Crippen molar-refractivity contribution < 1.29 is 77.8 Å². The predicted molar refractivity (Wildman–Crippen MR) is 244 cm³/mol. The molecular formula is C45H52IN5O16. The Labute approximate surface area is 397 Å². The molecule has 0 aliphatic rings. The van der Waals surface area contributed by atoms with Gasteiger partial charge in [-0.2, -0.15) is 0 Å². The van der Waals surface area contributed by atoms with E-state index >= 15 is 0 Å². The molecule has 3 aromatic carbocycles. The van der Waals surface area contributed by atoms with E-state index in [1.165, 1.54) is 12.1 Å². The average molecular weight is 1050 g/mol. The first-order chi connectivity index (χ1) is 31.9. The summed E-state index contributed by atoms with van der Waals surface area (Å²) in [5.41, 5.74) is 1.50. The lowest BCUT2D eigenvalue weighted by molar-refractivity contribution is -0.144. The summed E-state index contributed by atoms with van der Waals surface area (Å²) >= 11 is 2.06. The smallest absolute Gasteiger partial charge is 0.326 e. The van der Waals surface area contributed by atoms with Gasteiger partial charge >= 0.3 is 29.9 Å². The first-order valence-electron chi connectivity index (χ1n) is 20.9. The van der Waals surface area contributed by atoms with Crippen LogP contribution in [0.25, 0.3) is 0 Å². The molecule has 3 aromatic rings. The molecule has 360 valence electrons. The second-order valence-electron chi connectivity index (χ2n) is 15.1. The van der Waals surface area contributed by atoms with Crippen LogP contribution < -0.4 is 31.3 Å². The van der Waals surface area contributed by atoms with Gasteiger partial charge in [0.25, 0.3) is 18.3 Å². The van der Waals surface area contributed by atoms with Gasteiger partial charge in [0.05, 0.1) is 12.0 Å². The number of hydrogen-bond donors (Lipinski definition) is 9. The number of carbonyl (C=O) groups excluding carboxylic acids is 6. The minimum absolute atomic E-state index is 0.0733. The summed E-state index contributed by atoms with van der Waals surface area (Å²) in [5, 5.41) is 49.7. The molecule has 9 N–H and O–H groups in total. The van der Waals surface area contributed by atoms with Crippen LogP contribution in [-0.2, 0) is 55.9 Å². The molecule has 0 heterocycles. The van der Waals surface area contributed by atoms with E-state index in [4.69, 9.17) is 14.6 Å². The summed E-state index contributed by atoms with van der Waals surface area (Å²) in [7, 11) is 0. The summed E-state index contributed by atoms with van der Waals surface area (Å²) < 4.78 is 11.4. The highest BCUT2D eigenvalue weighted by atomic mass is 127. The zero-order valence-electron chi connectivity index (χ0n) is 36.0. The van der Waals surface area contributed by atoms with Crippen molar-refractivity contribution >= 4 is 82.5 Å². The van der Waals surface area contributed by atoms with Crippen LogP contribution >= 0.6 is 22.6 Å². The summed E-state index contributed by atoms with van der Waals surface area (Å²) in [4.78, 5) is 122. The number of aliphatic carboxylic acids is 4. The molecule has 0 aliphatic carbocycles. The van der Waals surface area contributed by atoms with Crippen LogP contribution in [0.5, 0.6) is 5.75 Å². The topological polar surface area (TPSA) is 330 Å². The number of ketones is 1. The van der Waals surface area contributed by atoms with Gasteiger partial charge in [0.15, 0.2) is 18.6 Å². The Morgan fingerprint density at radius 3 is 1.87 bits per heavy atom. The minimum atomic E-state index is -1.50. The molecular weight excluding hydrogens is 993 g/mol. The predicted octanol–water partition coefficient (Wildman–Crippen LogP) is 2.67. The second kappa shape index (κ2) is 28.7. The molecule has 5 atom stereocenters. The summed E-state index contributed by atoms with van der Waals surface area (Å²) in [6.45, 7) is -0.290. The van der Waals surface area contributed by atoms with Gasteiger partial charge in [0.2, 0.25) is 5.91 Å². The van der Waals surface area contributed by atoms with Crippen LogP contribution in [0, 0.1) is 9.49 Å². The van der Waals surface area contributed by atoms with Gasteiger partial charge in [-0.1, -0.05) is 42.5 Å². The molecule has 0 spiro atoms. The van der Waals surface area contributed by atoms with Crippen molar-refractivity contribution in [2.24, 2.45) is 5.92 Å². The van der Waals surface area contributed by atoms with Crippen LogP contribution in [0.2, 0.25) is 0 Å². The summed E-state index contributed by atoms with van der Waals surface area (Å²) in [6, 6.07) is 16.7. The van der Waals surface area contributed by atoms with Crippen molar-refractivity contribution in [1.29, 1.82) is 0 Å². The van der Waals surface area contributed by atoms with Gasteiger partial charge in [0.1, 0.15) is 17.8 Å². The first-order valence-corrected chi connectivity index (χ1v) is 22.0. The van der Waals surface area contributed by atoms with Gasteiger partial charge in [0, 0.05) is 47.8 Å². The molecule has 0 bridgehead atoms. The standard InChI is InChI=1S/C45H52IN5O16/c46-31-13-11-29(12-14-31)41(59)49-33(17-19-39(55)56)36(53)24-30(43(61)62)22-28-9-15-32(16-10-28)66-25-37(54)48-35(23-27-6-2-1-3-7-27)42(60)47-21-5-4-8-38(67-26-52)51-45(65)50-34(44(63)64)18-20-40(57)58/h1-3,6-7,9-16,26,30,33-35,38H,4-5,8,17-25H2,(H,47,60)(H,48,54)(H,49,59)(H,55,56)(H,57,58)(H,61,62)(H,63,64)(H2,50,51,65)/t30-,33+,34+,35+,38-/m1/s1. The molecule has 0 aliphatic heterocycles. The fourth-order valence-electron chi connectivity index (χ4n) is 6.41. The number of amides is 5. The van der Waals surface area contributed by atoms with Crippen molar-refractivity contribution in [2.75, 3.05) is 13.2 Å². The molecule has 0 unspecified atom stereocenters. The van der Waals surface area contributed by atoms with Crippen molar-refractivity contribution in [3.8, 4) is 5.75 Å². The van der Waals surface area contributed by atoms with E-state index in [-0.39, 0.29) is 56.4 Å². The Morgan fingerprint density at radius 1 is 0.642 bits per heavy atom. The number of benzene rings is 3. The normalized spacial score (nSPS) is 12.9. The third-order valence-electron chi connectivity index (χ3n) is 9.91. The maximum atomic E-state index is 13.3. The highest BCUT2D eigenvalue weighted by molar-refractivity contribution is 14.1. The Morgan fingerprint density at radius 2 is 1.27 bits per heavy atom. The summed E-state index contributed by atoms with van der Waals surface area (Å²) in [5.74, 6) is -8.56. The number of Topliss-reactive ketones (excluding diaryl/α,β-unsaturated/α-hetero) is 1. The molecule has 21 nitrogen and oxygen atoms in total. The van der Waals surface area contributed by atoms with E-state index in [9.17, 15) is 63.3 Å². The van der Waals surface area contributed by atoms with E-state index in [1.54, 1.807) is 66.7 Å². The lowest BCUT2D eigenvalue weighted by atomic mass is 9.91. The third-order valence-corrected chi connectivity index (χ3v) is 10.6. The number of halogens is 1. The van der Waals surface area contributed by atoms with Crippen LogP contribution in [0.3, 0.4) is 0 Å². The second-order valence-corrected chi connectivity index (χ2v) is 16.3. The number of carboxylic acids is 4. The molecule has 0 saturated carbocycles. The van der Waals surface area contributed by atoms with Crippen molar-refractivity contribution in [3.05, 3.63) is 99.1 Å². The number of carbonyl (C=O) groups is 10. The third kappa shape index (κ3) is 21.2. The first kappa shape index (κ1) is 54.2. The van der Waals surface area contributed by atoms with Crippen molar-refractivity contribution in [2.45, 2.75) is 88.6 Å². The molecule has 0 radical (unpaired) electrons. The molecule has 67 heavy (non-hydrogen) atoms.